The number of benzene rings is 3. The van der Waals surface area contributed by atoms with E-state index in [1.807, 2.05) is 24.3 Å². The molecular formula is C14H7. The summed E-state index contributed by atoms with van der Waals surface area (Å²) in [6, 6.07) is 23.5. The van der Waals surface area contributed by atoms with Crippen LogP contribution in [-0.4, -0.2) is 0 Å². The van der Waals surface area contributed by atoms with E-state index in [1.54, 1.807) is 0 Å². The normalized spacial score (nSPS) is 10.9. The molecule has 63 valence electrons. The molecule has 3 aromatic rings. The van der Waals surface area contributed by atoms with Gasteiger partial charge in [-0.3, -0.25) is 0 Å². The van der Waals surface area contributed by atoms with E-state index in [0.29, 0.717) is 0 Å². The van der Waals surface area contributed by atoms with Gasteiger partial charge in [0.15, 0.2) is 0 Å². The summed E-state index contributed by atoms with van der Waals surface area (Å²) in [5.74, 6) is 0. The lowest BCUT2D eigenvalue weighted by Crippen LogP contribution is -1.76. The second kappa shape index (κ2) is 2.85. The van der Waals surface area contributed by atoms with Crippen molar-refractivity contribution in [2.45, 2.75) is 0 Å². The minimum absolute atomic E-state index is 1.14. The third-order valence-corrected chi connectivity index (χ3v) is 2.42. The molecule has 0 saturated carbocycles. The second-order valence-electron chi connectivity index (χ2n) is 3.26. The maximum Gasteiger partial charge on any atom is -0.00926 e. The van der Waals surface area contributed by atoms with Crippen molar-refractivity contribution in [3.8, 4) is 0 Å². The summed E-state index contributed by atoms with van der Waals surface area (Å²) in [4.78, 5) is 0. The van der Waals surface area contributed by atoms with Gasteiger partial charge in [0.1, 0.15) is 0 Å². The number of hydrogen-bond donors (Lipinski definition) is 0. The first-order chi connectivity index (χ1) is 6.95. The number of rotatable bonds is 0. The standard InChI is InChI=1S/C14H7/c1-3-7-13-11(5-1)9-10-12-6-2-4-8-14(12)13/h1-3,7-10H. The molecule has 0 spiro atoms. The van der Waals surface area contributed by atoms with Crippen LogP contribution in [0.1, 0.15) is 0 Å². The summed E-state index contributed by atoms with van der Waals surface area (Å²) < 4.78 is 0. The van der Waals surface area contributed by atoms with Crippen molar-refractivity contribution in [3.05, 3.63) is 60.7 Å². The zero-order valence-electron chi connectivity index (χ0n) is 7.54. The van der Waals surface area contributed by atoms with Gasteiger partial charge >= 0.3 is 0 Å². The molecule has 3 radical (unpaired) electrons. The van der Waals surface area contributed by atoms with Gasteiger partial charge in [0.05, 0.1) is 0 Å². The van der Waals surface area contributed by atoms with E-state index >= 15 is 0 Å². The summed E-state index contributed by atoms with van der Waals surface area (Å²) in [6.45, 7) is 0. The highest BCUT2D eigenvalue weighted by molar-refractivity contribution is 6.06. The molecule has 0 aliphatic heterocycles. The lowest BCUT2D eigenvalue weighted by atomic mass is 10.0. The van der Waals surface area contributed by atoms with E-state index in [9.17, 15) is 0 Å². The largest absolute Gasteiger partial charge is 0.0610 e. The van der Waals surface area contributed by atoms with E-state index in [1.165, 1.54) is 10.8 Å². The summed E-state index contributed by atoms with van der Waals surface area (Å²) in [7, 11) is 0. The van der Waals surface area contributed by atoms with E-state index in [-0.39, 0.29) is 0 Å². The van der Waals surface area contributed by atoms with Crippen molar-refractivity contribution in [1.82, 2.24) is 0 Å². The molecule has 3 aromatic carbocycles. The van der Waals surface area contributed by atoms with Gasteiger partial charge < -0.3 is 0 Å². The topological polar surface area (TPSA) is 0 Å². The van der Waals surface area contributed by atoms with Crippen LogP contribution in [0.2, 0.25) is 0 Å². The highest BCUT2D eigenvalue weighted by atomic mass is 14.0. The van der Waals surface area contributed by atoms with Crippen LogP contribution >= 0.6 is 0 Å². The van der Waals surface area contributed by atoms with Crippen LogP contribution < -0.4 is 0 Å². The molecule has 0 fully saturated rings. The maximum atomic E-state index is 3.22. The zero-order chi connectivity index (χ0) is 9.38. The molecule has 0 N–H and O–H groups in total. The molecule has 0 saturated heterocycles. The first-order valence-corrected chi connectivity index (χ1v) is 4.56. The first kappa shape index (κ1) is 7.57. The SMILES string of the molecule is [c]1c[c]c2ccc3[c]cccc3c2c1. The molecule has 0 aliphatic rings. The van der Waals surface area contributed by atoms with Crippen molar-refractivity contribution in [2.75, 3.05) is 0 Å². The van der Waals surface area contributed by atoms with Gasteiger partial charge in [-0.15, -0.1) is 0 Å². The monoisotopic (exact) mass is 175 g/mol. The van der Waals surface area contributed by atoms with Crippen LogP contribution in [0.15, 0.2) is 42.5 Å². The Hall–Kier alpha value is -1.82. The molecule has 0 unspecified atom stereocenters. The number of hydrogen-bond acceptors (Lipinski definition) is 0. The van der Waals surface area contributed by atoms with Crippen LogP contribution in [0.4, 0.5) is 0 Å². The third kappa shape index (κ3) is 1.01. The fourth-order valence-electron chi connectivity index (χ4n) is 1.75. The van der Waals surface area contributed by atoms with E-state index in [0.717, 1.165) is 10.8 Å². The Bertz CT molecular complexity index is 539. The quantitative estimate of drug-likeness (QED) is 0.459. The Balaban J connectivity index is 2.61. The van der Waals surface area contributed by atoms with Crippen molar-refractivity contribution in [2.24, 2.45) is 0 Å². The zero-order valence-corrected chi connectivity index (χ0v) is 7.54. The Morgan fingerprint density at radius 2 is 1.71 bits per heavy atom. The van der Waals surface area contributed by atoms with Crippen molar-refractivity contribution >= 4 is 21.5 Å². The molecule has 0 heteroatoms. The molecule has 3 rings (SSSR count). The summed E-state index contributed by atoms with van der Waals surface area (Å²) >= 11 is 0. The first-order valence-electron chi connectivity index (χ1n) is 4.56. The van der Waals surface area contributed by atoms with Gasteiger partial charge in [-0.2, -0.15) is 0 Å². The van der Waals surface area contributed by atoms with Gasteiger partial charge in [-0.05, 0) is 51.9 Å². The molecule has 0 aromatic heterocycles. The van der Waals surface area contributed by atoms with Gasteiger partial charge in [-0.25, -0.2) is 0 Å². The van der Waals surface area contributed by atoms with Gasteiger partial charge in [0, 0.05) is 0 Å². The van der Waals surface area contributed by atoms with Crippen LogP contribution in [0.25, 0.3) is 21.5 Å². The third-order valence-electron chi connectivity index (χ3n) is 2.42. The van der Waals surface area contributed by atoms with E-state index in [2.05, 4.69) is 36.4 Å². The summed E-state index contributed by atoms with van der Waals surface area (Å²) in [6.07, 6.45) is 0. The average Bonchev–Trinajstić information content (AvgIpc) is 2.29. The molecule has 0 amide bonds. The lowest BCUT2D eigenvalue weighted by Gasteiger charge is -2.01. The van der Waals surface area contributed by atoms with Gasteiger partial charge in [0.25, 0.3) is 0 Å². The van der Waals surface area contributed by atoms with Crippen molar-refractivity contribution < 1.29 is 0 Å². The molecule has 0 aliphatic carbocycles. The fourth-order valence-corrected chi connectivity index (χ4v) is 1.75. The molecular weight excluding hydrogens is 168 g/mol. The summed E-state index contributed by atoms with van der Waals surface area (Å²) in [5.41, 5.74) is 0. The van der Waals surface area contributed by atoms with Crippen molar-refractivity contribution in [3.63, 3.8) is 0 Å². The highest BCUT2D eigenvalue weighted by Crippen LogP contribution is 2.23. The van der Waals surface area contributed by atoms with Gasteiger partial charge in [-0.1, -0.05) is 30.3 Å². The lowest BCUT2D eigenvalue weighted by molar-refractivity contribution is 1.74. The molecule has 0 bridgehead atoms. The Morgan fingerprint density at radius 1 is 0.857 bits per heavy atom. The molecule has 0 heterocycles. The highest BCUT2D eigenvalue weighted by Gasteiger charge is 1.97. The van der Waals surface area contributed by atoms with E-state index in [4.69, 9.17) is 0 Å². The smallest absolute Gasteiger partial charge is 0.00926 e. The van der Waals surface area contributed by atoms with Crippen LogP contribution in [0, 0.1) is 18.2 Å². The van der Waals surface area contributed by atoms with E-state index < -0.39 is 0 Å². The van der Waals surface area contributed by atoms with Crippen molar-refractivity contribution in [1.29, 1.82) is 0 Å². The minimum atomic E-state index is 1.14. The number of fused-ring (bicyclic) bond motifs is 3. The Labute approximate surface area is 82.8 Å². The van der Waals surface area contributed by atoms with Crippen LogP contribution in [0.5, 0.6) is 0 Å². The fraction of sp³-hybridized carbons (Fsp3) is 0. The predicted molar refractivity (Wildman–Crippen MR) is 58.0 cm³/mol. The second-order valence-corrected chi connectivity index (χ2v) is 3.26. The molecule has 0 nitrogen and oxygen atoms in total. The van der Waals surface area contributed by atoms with Crippen LogP contribution in [-0.2, 0) is 0 Å². The predicted octanol–water partition coefficient (Wildman–Crippen LogP) is 3.39. The molecule has 14 heavy (non-hydrogen) atoms. The Kier molecular flexibility index (Phi) is 1.54. The minimum Gasteiger partial charge on any atom is -0.0610 e. The van der Waals surface area contributed by atoms with Gasteiger partial charge in [0.2, 0.25) is 0 Å². The Morgan fingerprint density at radius 3 is 2.64 bits per heavy atom. The maximum absolute atomic E-state index is 3.22. The summed E-state index contributed by atoms with van der Waals surface area (Å²) in [5, 5.41) is 4.70. The molecule has 0 atom stereocenters. The average molecular weight is 175 g/mol. The van der Waals surface area contributed by atoms with Crippen LogP contribution in [0.3, 0.4) is 0 Å².